The minimum atomic E-state index is -0.838. The molecule has 0 fully saturated rings. The monoisotopic (exact) mass is 204 g/mol. The molecule has 0 aliphatic carbocycles. The molecule has 0 saturated carbocycles. The van der Waals surface area contributed by atoms with Crippen LogP contribution in [0.15, 0.2) is 24.3 Å². The molecule has 0 amide bonds. The molecule has 4 heteroatoms. The third kappa shape index (κ3) is 1.71. The maximum Gasteiger partial charge on any atom is 0.307 e. The molecule has 15 heavy (non-hydrogen) atoms. The highest BCUT2D eigenvalue weighted by Gasteiger charge is 2.12. The Balaban J connectivity index is 2.61. The van der Waals surface area contributed by atoms with Gasteiger partial charge in [-0.05, 0) is 11.6 Å². The zero-order valence-electron chi connectivity index (χ0n) is 8.16. The van der Waals surface area contributed by atoms with Crippen LogP contribution in [0.3, 0.4) is 0 Å². The minimum Gasteiger partial charge on any atom is -0.481 e. The smallest absolute Gasteiger partial charge is 0.307 e. The quantitative estimate of drug-likeness (QED) is 0.704. The molecule has 4 N–H and O–H groups in total. The summed E-state index contributed by atoms with van der Waals surface area (Å²) in [5.74, 6) is -0.838. The van der Waals surface area contributed by atoms with Crippen LogP contribution < -0.4 is 5.73 Å². The molecule has 0 aliphatic rings. The second-order valence-electron chi connectivity index (χ2n) is 3.40. The molecule has 0 spiro atoms. The maximum atomic E-state index is 10.7. The lowest BCUT2D eigenvalue weighted by Gasteiger charge is -1.98. The van der Waals surface area contributed by atoms with Crippen LogP contribution in [0.1, 0.15) is 11.3 Å². The first-order chi connectivity index (χ1) is 7.22. The Morgan fingerprint density at radius 3 is 2.80 bits per heavy atom. The summed E-state index contributed by atoms with van der Waals surface area (Å²) in [7, 11) is 0. The van der Waals surface area contributed by atoms with Gasteiger partial charge >= 0.3 is 5.97 Å². The largest absolute Gasteiger partial charge is 0.481 e. The SMILES string of the molecule is NCc1[nH]c2ccccc2c1CC(=O)O. The highest BCUT2D eigenvalue weighted by Crippen LogP contribution is 2.22. The molecule has 0 unspecified atom stereocenters. The number of carboxylic acid groups (broad SMARTS) is 1. The number of fused-ring (bicyclic) bond motifs is 1. The number of hydrogen-bond acceptors (Lipinski definition) is 2. The van der Waals surface area contributed by atoms with Gasteiger partial charge in [0.05, 0.1) is 6.42 Å². The highest BCUT2D eigenvalue weighted by atomic mass is 16.4. The molecule has 78 valence electrons. The number of aromatic amines is 1. The molecular formula is C11H12N2O2. The van der Waals surface area contributed by atoms with Crippen LogP contribution in [0.5, 0.6) is 0 Å². The lowest BCUT2D eigenvalue weighted by atomic mass is 10.1. The van der Waals surface area contributed by atoms with E-state index >= 15 is 0 Å². The zero-order valence-corrected chi connectivity index (χ0v) is 8.16. The van der Waals surface area contributed by atoms with E-state index in [9.17, 15) is 4.79 Å². The molecular weight excluding hydrogens is 192 g/mol. The number of rotatable bonds is 3. The van der Waals surface area contributed by atoms with Crippen molar-refractivity contribution in [3.8, 4) is 0 Å². The number of hydrogen-bond donors (Lipinski definition) is 3. The molecule has 0 bridgehead atoms. The Labute approximate surface area is 86.7 Å². The van der Waals surface area contributed by atoms with Crippen LogP contribution in [-0.2, 0) is 17.8 Å². The summed E-state index contributed by atoms with van der Waals surface area (Å²) in [4.78, 5) is 13.9. The van der Waals surface area contributed by atoms with Gasteiger partial charge < -0.3 is 15.8 Å². The van der Waals surface area contributed by atoms with E-state index in [-0.39, 0.29) is 6.42 Å². The first-order valence-corrected chi connectivity index (χ1v) is 4.72. The number of benzene rings is 1. The summed E-state index contributed by atoms with van der Waals surface area (Å²) in [6.07, 6.45) is 0.0105. The molecule has 0 radical (unpaired) electrons. The Bertz CT molecular complexity index is 502. The van der Waals surface area contributed by atoms with Crippen molar-refractivity contribution in [3.05, 3.63) is 35.5 Å². The van der Waals surface area contributed by atoms with Gasteiger partial charge in [-0.15, -0.1) is 0 Å². The molecule has 1 aromatic heterocycles. The minimum absolute atomic E-state index is 0.0105. The normalized spacial score (nSPS) is 10.7. The van der Waals surface area contributed by atoms with Crippen molar-refractivity contribution in [1.29, 1.82) is 0 Å². The van der Waals surface area contributed by atoms with Crippen molar-refractivity contribution >= 4 is 16.9 Å². The fourth-order valence-electron chi connectivity index (χ4n) is 1.78. The van der Waals surface area contributed by atoms with Gasteiger partial charge in [-0.3, -0.25) is 4.79 Å². The average molecular weight is 204 g/mol. The van der Waals surface area contributed by atoms with Crippen LogP contribution in [0.2, 0.25) is 0 Å². The maximum absolute atomic E-state index is 10.7. The van der Waals surface area contributed by atoms with Crippen molar-refractivity contribution < 1.29 is 9.90 Å². The van der Waals surface area contributed by atoms with Gasteiger partial charge in [-0.2, -0.15) is 0 Å². The van der Waals surface area contributed by atoms with Crippen LogP contribution in [0.4, 0.5) is 0 Å². The van der Waals surface area contributed by atoms with Crippen molar-refractivity contribution in [2.45, 2.75) is 13.0 Å². The fraction of sp³-hybridized carbons (Fsp3) is 0.182. The summed E-state index contributed by atoms with van der Waals surface area (Å²) in [6, 6.07) is 7.62. The number of para-hydroxylation sites is 1. The van der Waals surface area contributed by atoms with Gasteiger partial charge in [0.15, 0.2) is 0 Å². The molecule has 1 heterocycles. The van der Waals surface area contributed by atoms with Gasteiger partial charge in [0.25, 0.3) is 0 Å². The third-order valence-electron chi connectivity index (χ3n) is 2.43. The van der Waals surface area contributed by atoms with Crippen molar-refractivity contribution in [1.82, 2.24) is 4.98 Å². The van der Waals surface area contributed by atoms with Gasteiger partial charge in [-0.25, -0.2) is 0 Å². The summed E-state index contributed by atoms with van der Waals surface area (Å²) in [6.45, 7) is 0.331. The van der Waals surface area contributed by atoms with Crippen molar-refractivity contribution in [3.63, 3.8) is 0 Å². The summed E-state index contributed by atoms with van der Waals surface area (Å²) >= 11 is 0. The standard InChI is InChI=1S/C11H12N2O2/c12-6-10-8(5-11(14)15)7-3-1-2-4-9(7)13-10/h1-4,13H,5-6,12H2,(H,14,15). The van der Waals surface area contributed by atoms with E-state index in [2.05, 4.69) is 4.98 Å². The second-order valence-corrected chi connectivity index (χ2v) is 3.40. The van der Waals surface area contributed by atoms with E-state index in [0.717, 1.165) is 22.2 Å². The second kappa shape index (κ2) is 3.74. The summed E-state index contributed by atoms with van der Waals surface area (Å²) in [5, 5.41) is 9.75. The lowest BCUT2D eigenvalue weighted by Crippen LogP contribution is -2.05. The van der Waals surface area contributed by atoms with Gasteiger partial charge in [0, 0.05) is 23.1 Å². The predicted molar refractivity (Wildman–Crippen MR) is 57.5 cm³/mol. The number of carboxylic acids is 1. The number of carbonyl (C=O) groups is 1. The summed E-state index contributed by atoms with van der Waals surface area (Å²) in [5.41, 5.74) is 8.10. The summed E-state index contributed by atoms with van der Waals surface area (Å²) < 4.78 is 0. The highest BCUT2D eigenvalue weighted by molar-refractivity contribution is 5.88. The fourth-order valence-corrected chi connectivity index (χ4v) is 1.78. The van der Waals surface area contributed by atoms with Crippen LogP contribution >= 0.6 is 0 Å². The van der Waals surface area contributed by atoms with E-state index in [4.69, 9.17) is 10.8 Å². The van der Waals surface area contributed by atoms with Crippen LogP contribution in [0.25, 0.3) is 10.9 Å². The first kappa shape index (κ1) is 9.73. The Morgan fingerprint density at radius 2 is 2.13 bits per heavy atom. The third-order valence-corrected chi connectivity index (χ3v) is 2.43. The van der Waals surface area contributed by atoms with E-state index in [0.29, 0.717) is 6.54 Å². The molecule has 1 aromatic carbocycles. The number of H-pyrrole nitrogens is 1. The number of aliphatic carboxylic acids is 1. The van der Waals surface area contributed by atoms with Gasteiger partial charge in [-0.1, -0.05) is 18.2 Å². The topological polar surface area (TPSA) is 79.1 Å². The molecule has 2 rings (SSSR count). The predicted octanol–water partition coefficient (Wildman–Crippen LogP) is 1.25. The van der Waals surface area contributed by atoms with Crippen LogP contribution in [-0.4, -0.2) is 16.1 Å². The molecule has 0 aliphatic heterocycles. The lowest BCUT2D eigenvalue weighted by molar-refractivity contribution is -0.136. The van der Waals surface area contributed by atoms with E-state index < -0.39 is 5.97 Å². The van der Waals surface area contributed by atoms with Crippen molar-refractivity contribution in [2.75, 3.05) is 0 Å². The van der Waals surface area contributed by atoms with E-state index in [1.54, 1.807) is 0 Å². The van der Waals surface area contributed by atoms with E-state index in [1.807, 2.05) is 24.3 Å². The zero-order chi connectivity index (χ0) is 10.8. The Kier molecular flexibility index (Phi) is 2.43. The molecule has 4 nitrogen and oxygen atoms in total. The van der Waals surface area contributed by atoms with Crippen LogP contribution in [0, 0.1) is 0 Å². The molecule has 0 saturated heterocycles. The number of aromatic nitrogens is 1. The number of nitrogens with one attached hydrogen (secondary N) is 1. The average Bonchev–Trinajstić information content (AvgIpc) is 2.56. The number of nitrogens with two attached hydrogens (primary N) is 1. The van der Waals surface area contributed by atoms with Gasteiger partial charge in [0.2, 0.25) is 0 Å². The first-order valence-electron chi connectivity index (χ1n) is 4.72. The molecule has 2 aromatic rings. The van der Waals surface area contributed by atoms with Gasteiger partial charge in [0.1, 0.15) is 0 Å². The Morgan fingerprint density at radius 1 is 1.40 bits per heavy atom. The van der Waals surface area contributed by atoms with Crippen molar-refractivity contribution in [2.24, 2.45) is 5.73 Å². The molecule has 0 atom stereocenters. The van der Waals surface area contributed by atoms with E-state index in [1.165, 1.54) is 0 Å². The Hall–Kier alpha value is -1.81.